The molecule has 108 valence electrons. The zero-order valence-corrected chi connectivity index (χ0v) is 12.2. The lowest BCUT2D eigenvalue weighted by Crippen LogP contribution is -2.40. The molecule has 1 aromatic rings. The zero-order chi connectivity index (χ0) is 14.0. The number of nitrogens with two attached hydrogens (primary N) is 1. The van der Waals surface area contributed by atoms with Gasteiger partial charge in [-0.3, -0.25) is 9.58 Å². The Labute approximate surface area is 115 Å². The monoisotopic (exact) mass is 266 g/mol. The summed E-state index contributed by atoms with van der Waals surface area (Å²) in [4.78, 5) is 2.39. The average Bonchev–Trinajstić information content (AvgIpc) is 2.63. The maximum absolute atomic E-state index is 10.2. The van der Waals surface area contributed by atoms with Gasteiger partial charge in [-0.05, 0) is 39.7 Å². The van der Waals surface area contributed by atoms with E-state index in [-0.39, 0.29) is 12.1 Å². The van der Waals surface area contributed by atoms with Crippen molar-refractivity contribution in [2.24, 2.45) is 12.8 Å². The molecular weight excluding hydrogens is 240 g/mol. The van der Waals surface area contributed by atoms with Gasteiger partial charge in [-0.15, -0.1) is 0 Å². The highest BCUT2D eigenvalue weighted by atomic mass is 16.3. The molecule has 3 N–H and O–H groups in total. The van der Waals surface area contributed by atoms with E-state index < -0.39 is 5.60 Å². The lowest BCUT2D eigenvalue weighted by Gasteiger charge is -2.33. The molecule has 0 saturated carbocycles. The molecule has 3 atom stereocenters. The molecule has 1 aliphatic heterocycles. The Hall–Kier alpha value is -0.910. The molecule has 0 aromatic carbocycles. The molecule has 5 heteroatoms. The molecule has 5 nitrogen and oxygen atoms in total. The first kappa shape index (κ1) is 14.5. The van der Waals surface area contributed by atoms with E-state index in [1.807, 2.05) is 38.0 Å². The van der Waals surface area contributed by atoms with Gasteiger partial charge < -0.3 is 10.8 Å². The third-order valence-electron chi connectivity index (χ3n) is 4.06. The molecule has 0 spiro atoms. The molecular formula is C14H26N4O. The molecule has 3 unspecified atom stereocenters. The lowest BCUT2D eigenvalue weighted by atomic mass is 9.98. The minimum atomic E-state index is -0.536. The van der Waals surface area contributed by atoms with Crippen molar-refractivity contribution in [3.05, 3.63) is 18.0 Å². The van der Waals surface area contributed by atoms with Gasteiger partial charge in [-0.2, -0.15) is 5.10 Å². The highest BCUT2D eigenvalue weighted by Crippen LogP contribution is 2.29. The standard InChI is InChI=1S/C14H26N4O/c1-11(15)13(12-9-16-17(3)10-12)18-7-4-5-14(2,19)6-8-18/h9-11,13,19H,4-8,15H2,1-3H3. The van der Waals surface area contributed by atoms with Gasteiger partial charge in [0.2, 0.25) is 0 Å². The van der Waals surface area contributed by atoms with Crippen LogP contribution >= 0.6 is 0 Å². The number of aryl methyl sites for hydroxylation is 1. The highest BCUT2D eigenvalue weighted by Gasteiger charge is 2.31. The largest absolute Gasteiger partial charge is 0.390 e. The molecule has 2 rings (SSSR count). The van der Waals surface area contributed by atoms with Crippen molar-refractivity contribution in [1.29, 1.82) is 0 Å². The number of rotatable bonds is 3. The summed E-state index contributed by atoms with van der Waals surface area (Å²) >= 11 is 0. The van der Waals surface area contributed by atoms with Crippen LogP contribution in [-0.4, -0.2) is 44.5 Å². The first-order valence-corrected chi connectivity index (χ1v) is 7.10. The normalized spacial score (nSPS) is 28.9. The van der Waals surface area contributed by atoms with Crippen molar-refractivity contribution in [2.45, 2.75) is 50.8 Å². The molecule has 1 saturated heterocycles. The molecule has 19 heavy (non-hydrogen) atoms. The van der Waals surface area contributed by atoms with E-state index in [1.54, 1.807) is 0 Å². The number of hydrogen-bond acceptors (Lipinski definition) is 4. The van der Waals surface area contributed by atoms with Crippen LogP contribution in [0.2, 0.25) is 0 Å². The van der Waals surface area contributed by atoms with Crippen LogP contribution in [0.25, 0.3) is 0 Å². The van der Waals surface area contributed by atoms with E-state index in [1.165, 1.54) is 5.56 Å². The van der Waals surface area contributed by atoms with Gasteiger partial charge in [0.1, 0.15) is 0 Å². The Bertz CT molecular complexity index is 413. The van der Waals surface area contributed by atoms with E-state index in [0.29, 0.717) is 0 Å². The van der Waals surface area contributed by atoms with Gasteiger partial charge in [0.15, 0.2) is 0 Å². The maximum atomic E-state index is 10.2. The van der Waals surface area contributed by atoms with Crippen LogP contribution in [-0.2, 0) is 7.05 Å². The van der Waals surface area contributed by atoms with Crippen LogP contribution in [0.3, 0.4) is 0 Å². The molecule has 0 bridgehead atoms. The molecule has 1 fully saturated rings. The van der Waals surface area contributed by atoms with Gasteiger partial charge in [0.25, 0.3) is 0 Å². The fraction of sp³-hybridized carbons (Fsp3) is 0.786. The summed E-state index contributed by atoms with van der Waals surface area (Å²) in [6.07, 6.45) is 6.61. The number of likely N-dealkylation sites (tertiary alicyclic amines) is 1. The smallest absolute Gasteiger partial charge is 0.0632 e. The van der Waals surface area contributed by atoms with E-state index in [4.69, 9.17) is 5.73 Å². The molecule has 2 heterocycles. The number of aliphatic hydroxyl groups is 1. The third kappa shape index (κ3) is 3.55. The quantitative estimate of drug-likeness (QED) is 0.858. The Morgan fingerprint density at radius 3 is 2.74 bits per heavy atom. The van der Waals surface area contributed by atoms with Crippen molar-refractivity contribution >= 4 is 0 Å². The summed E-state index contributed by atoms with van der Waals surface area (Å²) < 4.78 is 1.82. The van der Waals surface area contributed by atoms with E-state index in [2.05, 4.69) is 10.00 Å². The van der Waals surface area contributed by atoms with Crippen LogP contribution in [0.4, 0.5) is 0 Å². The molecule has 0 aliphatic carbocycles. The van der Waals surface area contributed by atoms with Crippen molar-refractivity contribution in [1.82, 2.24) is 14.7 Å². The van der Waals surface area contributed by atoms with E-state index >= 15 is 0 Å². The Balaban J connectivity index is 2.15. The van der Waals surface area contributed by atoms with Gasteiger partial charge in [0.05, 0.1) is 17.8 Å². The topological polar surface area (TPSA) is 67.3 Å². The third-order valence-corrected chi connectivity index (χ3v) is 4.06. The number of aromatic nitrogens is 2. The van der Waals surface area contributed by atoms with Gasteiger partial charge in [0, 0.05) is 31.4 Å². The molecule has 1 aliphatic rings. The minimum Gasteiger partial charge on any atom is -0.390 e. The maximum Gasteiger partial charge on any atom is 0.0632 e. The highest BCUT2D eigenvalue weighted by molar-refractivity contribution is 5.13. The van der Waals surface area contributed by atoms with Crippen LogP contribution in [0.15, 0.2) is 12.4 Å². The van der Waals surface area contributed by atoms with Gasteiger partial charge in [-0.1, -0.05) is 0 Å². The predicted octanol–water partition coefficient (Wildman–Crippen LogP) is 1.05. The van der Waals surface area contributed by atoms with Crippen LogP contribution in [0.5, 0.6) is 0 Å². The number of nitrogens with zero attached hydrogens (tertiary/aromatic N) is 3. The Kier molecular flexibility index (Phi) is 4.28. The number of hydrogen-bond donors (Lipinski definition) is 2. The van der Waals surface area contributed by atoms with Crippen molar-refractivity contribution < 1.29 is 5.11 Å². The van der Waals surface area contributed by atoms with Gasteiger partial charge in [-0.25, -0.2) is 0 Å². The lowest BCUT2D eigenvalue weighted by molar-refractivity contribution is 0.0424. The van der Waals surface area contributed by atoms with E-state index in [9.17, 15) is 5.11 Å². The van der Waals surface area contributed by atoms with Gasteiger partial charge >= 0.3 is 0 Å². The first-order valence-electron chi connectivity index (χ1n) is 7.10. The first-order chi connectivity index (χ1) is 8.89. The summed E-state index contributed by atoms with van der Waals surface area (Å²) in [5.74, 6) is 0. The van der Waals surface area contributed by atoms with Crippen molar-refractivity contribution in [3.63, 3.8) is 0 Å². The zero-order valence-electron chi connectivity index (χ0n) is 12.2. The van der Waals surface area contributed by atoms with Crippen LogP contribution in [0, 0.1) is 0 Å². The van der Waals surface area contributed by atoms with E-state index in [0.717, 1.165) is 32.4 Å². The van der Waals surface area contributed by atoms with Crippen molar-refractivity contribution in [2.75, 3.05) is 13.1 Å². The molecule has 0 amide bonds. The second-order valence-corrected chi connectivity index (χ2v) is 6.14. The summed E-state index contributed by atoms with van der Waals surface area (Å²) in [7, 11) is 1.93. The fourth-order valence-electron chi connectivity index (χ4n) is 3.00. The minimum absolute atomic E-state index is 0.0484. The Morgan fingerprint density at radius 2 is 2.16 bits per heavy atom. The predicted molar refractivity (Wildman–Crippen MR) is 75.6 cm³/mol. The summed E-state index contributed by atoms with van der Waals surface area (Å²) in [5, 5.41) is 14.4. The molecule has 1 aromatic heterocycles. The Morgan fingerprint density at radius 1 is 1.42 bits per heavy atom. The SMILES string of the molecule is CC(N)C(c1cnn(C)c1)N1CCCC(C)(O)CC1. The second kappa shape index (κ2) is 5.61. The molecule has 0 radical (unpaired) electrons. The average molecular weight is 266 g/mol. The summed E-state index contributed by atoms with van der Waals surface area (Å²) in [5.41, 5.74) is 6.82. The van der Waals surface area contributed by atoms with Crippen LogP contribution < -0.4 is 5.73 Å². The fourth-order valence-corrected chi connectivity index (χ4v) is 3.00. The van der Waals surface area contributed by atoms with Crippen molar-refractivity contribution in [3.8, 4) is 0 Å². The van der Waals surface area contributed by atoms with Crippen LogP contribution in [0.1, 0.15) is 44.7 Å². The second-order valence-electron chi connectivity index (χ2n) is 6.14. The summed E-state index contributed by atoms with van der Waals surface area (Å²) in [6, 6.07) is 0.231. The summed E-state index contributed by atoms with van der Waals surface area (Å²) in [6.45, 7) is 5.84.